The Labute approximate surface area is 145 Å². The summed E-state index contributed by atoms with van der Waals surface area (Å²) in [4.78, 5) is 13.1. The molecule has 0 aliphatic heterocycles. The molecule has 1 heterocycles. The molecule has 0 aliphatic carbocycles. The molecule has 0 saturated heterocycles. The third-order valence-corrected chi connectivity index (χ3v) is 6.38. The van der Waals surface area contributed by atoms with Gasteiger partial charge in [0.2, 0.25) is 9.84 Å². The summed E-state index contributed by atoms with van der Waals surface area (Å²) in [5.41, 5.74) is -1.48. The number of nitro benzene ring substituents is 1. The van der Waals surface area contributed by atoms with Gasteiger partial charge in [-0.1, -0.05) is 12.1 Å². The van der Waals surface area contributed by atoms with Gasteiger partial charge in [-0.15, -0.1) is 0 Å². The van der Waals surface area contributed by atoms with Crippen LogP contribution in [-0.2, 0) is 9.84 Å². The number of H-pyrrole nitrogens is 1. The highest BCUT2D eigenvalue weighted by atomic mass is 79.9. The number of halogens is 1. The first kappa shape index (κ1) is 16.6. The first-order chi connectivity index (χ1) is 11.3. The minimum atomic E-state index is -4.10. The maximum atomic E-state index is 12.7. The van der Waals surface area contributed by atoms with E-state index < -0.39 is 20.2 Å². The van der Waals surface area contributed by atoms with E-state index in [-0.39, 0.29) is 21.5 Å². The van der Waals surface area contributed by atoms with Crippen molar-refractivity contribution >= 4 is 42.4 Å². The van der Waals surface area contributed by atoms with Crippen molar-refractivity contribution in [2.75, 3.05) is 0 Å². The number of non-ortho nitro benzene ring substituents is 1. The van der Waals surface area contributed by atoms with Crippen molar-refractivity contribution in [3.63, 3.8) is 0 Å². The highest BCUT2D eigenvalue weighted by Gasteiger charge is 2.31. The molecule has 7 nitrogen and oxygen atoms in total. The van der Waals surface area contributed by atoms with E-state index >= 15 is 0 Å². The monoisotopic (exact) mass is 410 g/mol. The minimum absolute atomic E-state index is 0.0581. The molecule has 0 aliphatic rings. The summed E-state index contributed by atoms with van der Waals surface area (Å²) in [5.74, 6) is 0. The molecule has 9 heteroatoms. The van der Waals surface area contributed by atoms with Gasteiger partial charge in [0.25, 0.3) is 5.69 Å². The number of aromatic amines is 1. The second-order valence-corrected chi connectivity index (χ2v) is 7.89. The predicted molar refractivity (Wildman–Crippen MR) is 91.2 cm³/mol. The first-order valence-corrected chi connectivity index (χ1v) is 9.08. The Hall–Kier alpha value is -2.23. The molecule has 1 atom stereocenters. The lowest BCUT2D eigenvalue weighted by Crippen LogP contribution is -2.13. The second-order valence-electron chi connectivity index (χ2n) is 5.06. The van der Waals surface area contributed by atoms with Crippen LogP contribution in [0.5, 0.6) is 0 Å². The number of nitro groups is 1. The highest BCUT2D eigenvalue weighted by molar-refractivity contribution is 9.10. The lowest BCUT2D eigenvalue weighted by atomic mass is 10.1. The number of benzene rings is 2. The van der Waals surface area contributed by atoms with Gasteiger partial charge in [-0.05, 0) is 34.1 Å². The van der Waals surface area contributed by atoms with E-state index in [4.69, 9.17) is 0 Å². The van der Waals surface area contributed by atoms with E-state index in [9.17, 15) is 23.6 Å². The van der Waals surface area contributed by atoms with Crippen LogP contribution in [0.2, 0.25) is 0 Å². The van der Waals surface area contributed by atoms with E-state index in [1.807, 2.05) is 0 Å². The molecule has 2 N–H and O–H groups in total. The number of sulfone groups is 1. The lowest BCUT2D eigenvalue weighted by Gasteiger charge is -2.12. The van der Waals surface area contributed by atoms with Gasteiger partial charge in [0, 0.05) is 39.3 Å². The van der Waals surface area contributed by atoms with Crippen LogP contribution in [-0.4, -0.2) is 23.4 Å². The average molecular weight is 411 g/mol. The Morgan fingerprint density at radius 2 is 1.92 bits per heavy atom. The molecule has 0 bridgehead atoms. The number of aliphatic hydroxyl groups excluding tert-OH is 1. The molecule has 0 amide bonds. The summed E-state index contributed by atoms with van der Waals surface area (Å²) >= 11 is 3.16. The Kier molecular flexibility index (Phi) is 4.16. The summed E-state index contributed by atoms with van der Waals surface area (Å²) in [5, 5.41) is 21.6. The van der Waals surface area contributed by atoms with Gasteiger partial charge in [0.1, 0.15) is 0 Å². The van der Waals surface area contributed by atoms with Crippen LogP contribution in [0.3, 0.4) is 0 Å². The molecule has 0 fully saturated rings. The van der Waals surface area contributed by atoms with Crippen LogP contribution in [0.15, 0.2) is 58.0 Å². The molecular formula is C15H11BrN2O5S. The van der Waals surface area contributed by atoms with E-state index in [0.717, 1.165) is 0 Å². The van der Waals surface area contributed by atoms with Gasteiger partial charge in [0.05, 0.1) is 9.82 Å². The number of hydrogen-bond donors (Lipinski definition) is 2. The Bertz CT molecular complexity index is 1040. The predicted octanol–water partition coefficient (Wildman–Crippen LogP) is 3.30. The average Bonchev–Trinajstić information content (AvgIpc) is 2.97. The fourth-order valence-electron chi connectivity index (χ4n) is 2.41. The van der Waals surface area contributed by atoms with Crippen LogP contribution >= 0.6 is 15.9 Å². The first-order valence-electron chi connectivity index (χ1n) is 6.74. The molecule has 124 valence electrons. The molecule has 1 aromatic heterocycles. The number of hydrogen-bond acceptors (Lipinski definition) is 5. The molecule has 2 aromatic carbocycles. The standard InChI is InChI=1S/C15H11BrN2O5S/c16-12-3-1-2-4-14(12)24(22,23)15(19)11-8-17-13-6-5-9(18(20)21)7-10(11)13/h1-8,15,17,19H. The number of nitrogens with one attached hydrogen (secondary N) is 1. The largest absolute Gasteiger partial charge is 0.373 e. The normalized spacial score (nSPS) is 13.1. The van der Waals surface area contributed by atoms with Crippen LogP contribution < -0.4 is 0 Å². The molecule has 0 saturated carbocycles. The number of aromatic nitrogens is 1. The summed E-state index contributed by atoms with van der Waals surface area (Å²) in [6.07, 6.45) is 1.34. The Morgan fingerprint density at radius 3 is 2.58 bits per heavy atom. The van der Waals surface area contributed by atoms with Crippen molar-refractivity contribution in [2.45, 2.75) is 10.3 Å². The molecule has 24 heavy (non-hydrogen) atoms. The Morgan fingerprint density at radius 1 is 1.21 bits per heavy atom. The van der Waals surface area contributed by atoms with E-state index in [1.165, 1.54) is 30.5 Å². The number of nitrogens with zero attached hydrogens (tertiary/aromatic N) is 1. The van der Waals surface area contributed by atoms with Crippen molar-refractivity contribution in [1.29, 1.82) is 0 Å². The summed E-state index contributed by atoms with van der Waals surface area (Å²) in [7, 11) is -4.10. The van der Waals surface area contributed by atoms with E-state index in [0.29, 0.717) is 9.99 Å². The van der Waals surface area contributed by atoms with Crippen LogP contribution in [0, 0.1) is 10.1 Å². The fourth-order valence-corrected chi connectivity index (χ4v) is 4.75. The van der Waals surface area contributed by atoms with E-state index in [2.05, 4.69) is 20.9 Å². The summed E-state index contributed by atoms with van der Waals surface area (Å²) in [6, 6.07) is 10.1. The van der Waals surface area contributed by atoms with Gasteiger partial charge in [0.15, 0.2) is 5.44 Å². The second kappa shape index (κ2) is 6.00. The zero-order valence-corrected chi connectivity index (χ0v) is 14.4. The summed E-state index contributed by atoms with van der Waals surface area (Å²) in [6.45, 7) is 0. The van der Waals surface area contributed by atoms with Crippen molar-refractivity contribution in [1.82, 2.24) is 4.98 Å². The van der Waals surface area contributed by atoms with Gasteiger partial charge in [-0.2, -0.15) is 0 Å². The zero-order chi connectivity index (χ0) is 17.5. The third kappa shape index (κ3) is 2.70. The van der Waals surface area contributed by atoms with Crippen LogP contribution in [0.4, 0.5) is 5.69 Å². The Balaban J connectivity index is 2.15. The lowest BCUT2D eigenvalue weighted by molar-refractivity contribution is -0.384. The van der Waals surface area contributed by atoms with Crippen molar-refractivity contribution in [2.24, 2.45) is 0 Å². The van der Waals surface area contributed by atoms with Crippen molar-refractivity contribution in [3.05, 3.63) is 68.8 Å². The number of rotatable bonds is 4. The molecule has 0 spiro atoms. The summed E-state index contributed by atoms with van der Waals surface area (Å²) < 4.78 is 25.7. The van der Waals surface area contributed by atoms with Crippen LogP contribution in [0.25, 0.3) is 10.9 Å². The van der Waals surface area contributed by atoms with E-state index in [1.54, 1.807) is 18.2 Å². The van der Waals surface area contributed by atoms with Gasteiger partial charge >= 0.3 is 0 Å². The number of fused-ring (bicyclic) bond motifs is 1. The number of aliphatic hydroxyl groups is 1. The molecule has 3 rings (SSSR count). The molecule has 3 aromatic rings. The molecule has 1 unspecified atom stereocenters. The highest BCUT2D eigenvalue weighted by Crippen LogP contribution is 2.35. The smallest absolute Gasteiger partial charge is 0.270 e. The maximum Gasteiger partial charge on any atom is 0.270 e. The zero-order valence-electron chi connectivity index (χ0n) is 12.0. The third-order valence-electron chi connectivity index (χ3n) is 3.61. The van der Waals surface area contributed by atoms with Gasteiger partial charge < -0.3 is 10.1 Å². The molecular weight excluding hydrogens is 400 g/mol. The topological polar surface area (TPSA) is 113 Å². The SMILES string of the molecule is O=[N+]([O-])c1ccc2[nH]cc(C(O)S(=O)(=O)c3ccccc3Br)c2c1. The van der Waals surface area contributed by atoms with Gasteiger partial charge in [-0.25, -0.2) is 8.42 Å². The van der Waals surface area contributed by atoms with Crippen molar-refractivity contribution in [3.8, 4) is 0 Å². The minimum Gasteiger partial charge on any atom is -0.373 e. The van der Waals surface area contributed by atoms with Crippen molar-refractivity contribution < 1.29 is 18.4 Å². The fraction of sp³-hybridized carbons (Fsp3) is 0.0667. The molecule has 0 radical (unpaired) electrons. The van der Waals surface area contributed by atoms with Gasteiger partial charge in [-0.3, -0.25) is 10.1 Å². The maximum absolute atomic E-state index is 12.7. The quantitative estimate of drug-likeness (QED) is 0.505. The van der Waals surface area contributed by atoms with Crippen LogP contribution in [0.1, 0.15) is 11.0 Å².